The first kappa shape index (κ1) is 20.0. The van der Waals surface area contributed by atoms with Crippen LogP contribution in [0, 0.1) is 5.92 Å². The molecule has 4 rings (SSSR count). The number of carbonyl (C=O) groups is 1. The van der Waals surface area contributed by atoms with Crippen molar-refractivity contribution in [2.45, 2.75) is 37.1 Å². The minimum absolute atomic E-state index is 0.0138. The van der Waals surface area contributed by atoms with Crippen molar-refractivity contribution in [3.63, 3.8) is 0 Å². The van der Waals surface area contributed by atoms with Gasteiger partial charge in [0.15, 0.2) is 0 Å². The average molecular weight is 425 g/mol. The summed E-state index contributed by atoms with van der Waals surface area (Å²) in [5.74, 6) is 0.233. The largest absolute Gasteiger partial charge is 0.326 e. The number of aromatic amines is 1. The summed E-state index contributed by atoms with van der Waals surface area (Å²) in [7, 11) is 0. The monoisotopic (exact) mass is 424 g/mol. The summed E-state index contributed by atoms with van der Waals surface area (Å²) >= 11 is 2.77. The third-order valence-electron chi connectivity index (χ3n) is 5.25. The van der Waals surface area contributed by atoms with Crippen LogP contribution in [0.1, 0.15) is 42.7 Å². The third kappa shape index (κ3) is 4.19. The molecule has 2 heterocycles. The number of anilines is 1. The zero-order valence-electron chi connectivity index (χ0n) is 16.7. The number of hydrogen-bond acceptors (Lipinski definition) is 4. The number of fused-ring (bicyclic) bond motifs is 1. The summed E-state index contributed by atoms with van der Waals surface area (Å²) in [6.07, 6.45) is 0. The Labute approximate surface area is 178 Å². The SMILES string of the molecule is CC(C)(C)c1ccc([C@H]2c3sc(=O)[nH]c3SC[C@H]2C(=O)Nc2ccccc2)cc1. The zero-order valence-corrected chi connectivity index (χ0v) is 18.3. The van der Waals surface area contributed by atoms with Crippen LogP contribution in [-0.4, -0.2) is 16.6 Å². The van der Waals surface area contributed by atoms with E-state index in [2.05, 4.69) is 55.3 Å². The summed E-state index contributed by atoms with van der Waals surface area (Å²) in [5.41, 5.74) is 3.18. The molecule has 29 heavy (non-hydrogen) atoms. The summed E-state index contributed by atoms with van der Waals surface area (Å²) in [4.78, 5) is 29.1. The van der Waals surface area contributed by atoms with Crippen molar-refractivity contribution >= 4 is 34.7 Å². The van der Waals surface area contributed by atoms with Gasteiger partial charge in [-0.3, -0.25) is 9.59 Å². The molecule has 2 N–H and O–H groups in total. The molecule has 0 fully saturated rings. The van der Waals surface area contributed by atoms with Gasteiger partial charge in [0, 0.05) is 22.2 Å². The van der Waals surface area contributed by atoms with Crippen molar-refractivity contribution in [2.75, 3.05) is 11.1 Å². The maximum atomic E-state index is 13.2. The van der Waals surface area contributed by atoms with Gasteiger partial charge in [0.2, 0.25) is 5.91 Å². The Morgan fingerprint density at radius 1 is 1.07 bits per heavy atom. The highest BCUT2D eigenvalue weighted by Crippen LogP contribution is 2.45. The van der Waals surface area contributed by atoms with Gasteiger partial charge in [-0.25, -0.2) is 0 Å². The predicted molar refractivity (Wildman–Crippen MR) is 121 cm³/mol. The van der Waals surface area contributed by atoms with Crippen molar-refractivity contribution in [2.24, 2.45) is 5.92 Å². The summed E-state index contributed by atoms with van der Waals surface area (Å²) in [5, 5.41) is 3.95. The van der Waals surface area contributed by atoms with Gasteiger partial charge in [-0.15, -0.1) is 11.8 Å². The van der Waals surface area contributed by atoms with E-state index in [1.807, 2.05) is 30.3 Å². The van der Waals surface area contributed by atoms with E-state index in [1.165, 1.54) is 16.9 Å². The van der Waals surface area contributed by atoms with Crippen molar-refractivity contribution in [3.05, 3.63) is 80.3 Å². The van der Waals surface area contributed by atoms with Gasteiger partial charge in [-0.2, -0.15) is 0 Å². The van der Waals surface area contributed by atoms with E-state index in [9.17, 15) is 9.59 Å². The lowest BCUT2D eigenvalue weighted by molar-refractivity contribution is -0.119. The van der Waals surface area contributed by atoms with Crippen molar-refractivity contribution < 1.29 is 4.79 Å². The Morgan fingerprint density at radius 2 is 1.76 bits per heavy atom. The summed E-state index contributed by atoms with van der Waals surface area (Å²) < 4.78 is 0. The first-order valence-corrected chi connectivity index (χ1v) is 11.5. The molecule has 1 aliphatic heterocycles. The van der Waals surface area contributed by atoms with Gasteiger partial charge in [0.25, 0.3) is 0 Å². The van der Waals surface area contributed by atoms with Crippen molar-refractivity contribution in [1.82, 2.24) is 4.98 Å². The number of nitrogens with one attached hydrogen (secondary N) is 2. The minimum atomic E-state index is -0.250. The highest BCUT2D eigenvalue weighted by molar-refractivity contribution is 7.99. The molecular formula is C23H24N2O2S2. The second kappa shape index (κ2) is 7.84. The van der Waals surface area contributed by atoms with Crippen LogP contribution in [0.5, 0.6) is 0 Å². The molecule has 1 aromatic heterocycles. The van der Waals surface area contributed by atoms with Crippen LogP contribution in [-0.2, 0) is 10.2 Å². The molecule has 0 aliphatic carbocycles. The lowest BCUT2D eigenvalue weighted by Crippen LogP contribution is -2.32. The molecule has 3 aromatic rings. The fourth-order valence-electron chi connectivity index (χ4n) is 3.65. The Morgan fingerprint density at radius 3 is 2.41 bits per heavy atom. The predicted octanol–water partition coefficient (Wildman–Crippen LogP) is 5.23. The molecule has 0 radical (unpaired) electrons. The number of thioether (sulfide) groups is 1. The third-order valence-corrected chi connectivity index (χ3v) is 7.48. The topological polar surface area (TPSA) is 62.0 Å². The number of amides is 1. The summed E-state index contributed by atoms with van der Waals surface area (Å²) in [6.45, 7) is 6.56. The van der Waals surface area contributed by atoms with Gasteiger partial charge < -0.3 is 10.3 Å². The molecule has 150 valence electrons. The second-order valence-electron chi connectivity index (χ2n) is 8.33. The number of rotatable bonds is 3. The molecule has 1 amide bonds. The molecule has 0 unspecified atom stereocenters. The van der Waals surface area contributed by atoms with E-state index in [0.29, 0.717) is 5.75 Å². The molecule has 0 spiro atoms. The smallest absolute Gasteiger partial charge is 0.305 e. The normalized spacial score (nSPS) is 18.9. The maximum absolute atomic E-state index is 13.2. The van der Waals surface area contributed by atoms with E-state index >= 15 is 0 Å². The van der Waals surface area contributed by atoms with Crippen LogP contribution < -0.4 is 10.2 Å². The van der Waals surface area contributed by atoms with Crippen molar-refractivity contribution in [3.8, 4) is 0 Å². The van der Waals surface area contributed by atoms with E-state index in [0.717, 1.165) is 21.2 Å². The Balaban J connectivity index is 1.71. The highest BCUT2D eigenvalue weighted by atomic mass is 32.2. The number of thiazole rings is 1. The molecule has 6 heteroatoms. The number of aromatic nitrogens is 1. The lowest BCUT2D eigenvalue weighted by Gasteiger charge is -2.30. The van der Waals surface area contributed by atoms with E-state index in [4.69, 9.17) is 0 Å². The lowest BCUT2D eigenvalue weighted by atomic mass is 9.82. The summed E-state index contributed by atoms with van der Waals surface area (Å²) in [6, 6.07) is 18.0. The van der Waals surface area contributed by atoms with Crippen LogP contribution in [0.3, 0.4) is 0 Å². The molecule has 2 aromatic carbocycles. The van der Waals surface area contributed by atoms with E-state index in [-0.39, 0.29) is 28.0 Å². The van der Waals surface area contributed by atoms with Gasteiger partial charge in [-0.1, -0.05) is 74.6 Å². The van der Waals surface area contributed by atoms with Gasteiger partial charge in [-0.05, 0) is 28.7 Å². The Kier molecular flexibility index (Phi) is 5.40. The highest BCUT2D eigenvalue weighted by Gasteiger charge is 2.38. The number of para-hydroxylation sites is 1. The zero-order chi connectivity index (χ0) is 20.6. The first-order chi connectivity index (χ1) is 13.8. The van der Waals surface area contributed by atoms with Crippen LogP contribution in [0.4, 0.5) is 5.69 Å². The molecule has 1 aliphatic rings. The first-order valence-electron chi connectivity index (χ1n) is 9.65. The number of carbonyl (C=O) groups excluding carboxylic acids is 1. The number of H-pyrrole nitrogens is 1. The maximum Gasteiger partial charge on any atom is 0.305 e. The molecule has 0 saturated carbocycles. The minimum Gasteiger partial charge on any atom is -0.326 e. The fourth-order valence-corrected chi connectivity index (χ4v) is 6.06. The number of hydrogen-bond donors (Lipinski definition) is 2. The van der Waals surface area contributed by atoms with Gasteiger partial charge in [0.05, 0.1) is 10.9 Å². The van der Waals surface area contributed by atoms with Crippen molar-refractivity contribution in [1.29, 1.82) is 0 Å². The average Bonchev–Trinajstić information content (AvgIpc) is 3.07. The Hall–Kier alpha value is -2.31. The standard InChI is InChI=1S/C23H24N2O2S2/c1-23(2,3)15-11-9-14(10-12-15)18-17(13-28-21-19(18)29-22(27)25-21)20(26)24-16-7-5-4-6-8-16/h4-12,17-18H,13H2,1-3H3,(H,24,26)(H,25,27)/t17-,18-/m1/s1. The fraction of sp³-hybridized carbons (Fsp3) is 0.304. The second-order valence-corrected chi connectivity index (χ2v) is 10.4. The van der Waals surface area contributed by atoms with E-state index in [1.54, 1.807) is 11.8 Å². The van der Waals surface area contributed by atoms with Gasteiger partial charge >= 0.3 is 4.87 Å². The molecule has 2 atom stereocenters. The molecule has 0 bridgehead atoms. The van der Waals surface area contributed by atoms with Crippen LogP contribution >= 0.6 is 23.1 Å². The quantitative estimate of drug-likeness (QED) is 0.605. The number of benzene rings is 2. The van der Waals surface area contributed by atoms with E-state index < -0.39 is 0 Å². The Bertz CT molecular complexity index is 1060. The molecule has 0 saturated heterocycles. The van der Waals surface area contributed by atoms with Crippen LogP contribution in [0.25, 0.3) is 0 Å². The van der Waals surface area contributed by atoms with Crippen LogP contribution in [0.15, 0.2) is 64.4 Å². The van der Waals surface area contributed by atoms with Crippen LogP contribution in [0.2, 0.25) is 0 Å². The van der Waals surface area contributed by atoms with Gasteiger partial charge in [0.1, 0.15) is 0 Å². The molecular weight excluding hydrogens is 400 g/mol. The molecule has 4 nitrogen and oxygen atoms in total.